The van der Waals surface area contributed by atoms with Gasteiger partial charge in [-0.25, -0.2) is 17.5 Å². The first-order valence-corrected chi connectivity index (χ1v) is 11.1. The molecule has 4 nitrogen and oxygen atoms in total. The smallest absolute Gasteiger partial charge is 0.240 e. The van der Waals surface area contributed by atoms with Gasteiger partial charge in [-0.2, -0.15) is 0 Å². The lowest BCUT2D eigenvalue weighted by molar-refractivity contribution is 0.248. The summed E-state index contributed by atoms with van der Waals surface area (Å²) in [5.74, 6) is -0.629. The highest BCUT2D eigenvalue weighted by Crippen LogP contribution is 2.20. The highest BCUT2D eigenvalue weighted by atomic mass is 35.5. The zero-order chi connectivity index (χ0) is 19.3. The molecule has 0 bridgehead atoms. The Morgan fingerprint density at radius 1 is 1.07 bits per heavy atom. The maximum atomic E-state index is 13.2. The van der Waals surface area contributed by atoms with E-state index in [9.17, 15) is 12.8 Å². The van der Waals surface area contributed by atoms with Crippen LogP contribution in [-0.4, -0.2) is 33.0 Å². The summed E-state index contributed by atoms with van der Waals surface area (Å²) in [6, 6.07) is 12.0. The third-order valence-corrected chi connectivity index (χ3v) is 6.60. The lowest BCUT2D eigenvalue weighted by Crippen LogP contribution is -2.31. The molecule has 27 heavy (non-hydrogen) atoms. The Labute approximate surface area is 165 Å². The fraction of sp³-hybridized carbons (Fsp3) is 0.400. The molecular formula is C20H24ClFN2O2S. The molecule has 1 aliphatic heterocycles. The zero-order valence-corrected chi connectivity index (χ0v) is 16.7. The molecular weight excluding hydrogens is 387 g/mol. The lowest BCUT2D eigenvalue weighted by Gasteiger charge is -2.28. The number of halogens is 2. The van der Waals surface area contributed by atoms with Crippen molar-refractivity contribution in [2.24, 2.45) is 0 Å². The molecule has 0 radical (unpaired) electrons. The van der Waals surface area contributed by atoms with Crippen LogP contribution in [0.2, 0.25) is 5.02 Å². The van der Waals surface area contributed by atoms with Crippen molar-refractivity contribution in [2.75, 3.05) is 19.6 Å². The van der Waals surface area contributed by atoms with E-state index in [0.717, 1.165) is 57.5 Å². The van der Waals surface area contributed by atoms with Crippen LogP contribution in [0.3, 0.4) is 0 Å². The van der Waals surface area contributed by atoms with Gasteiger partial charge in [0.15, 0.2) is 0 Å². The molecule has 0 spiro atoms. The first kappa shape index (κ1) is 20.3. The van der Waals surface area contributed by atoms with Crippen LogP contribution < -0.4 is 4.72 Å². The van der Waals surface area contributed by atoms with Gasteiger partial charge in [-0.1, -0.05) is 42.3 Å². The first-order valence-electron chi connectivity index (χ1n) is 9.19. The number of benzene rings is 2. The van der Waals surface area contributed by atoms with Crippen LogP contribution in [0, 0.1) is 5.82 Å². The van der Waals surface area contributed by atoms with Gasteiger partial charge >= 0.3 is 0 Å². The highest BCUT2D eigenvalue weighted by Gasteiger charge is 2.16. The van der Waals surface area contributed by atoms with Crippen molar-refractivity contribution in [3.63, 3.8) is 0 Å². The predicted octanol–water partition coefficient (Wildman–Crippen LogP) is 3.99. The molecule has 2 aromatic rings. The van der Waals surface area contributed by atoms with E-state index in [1.54, 1.807) is 0 Å². The second kappa shape index (κ2) is 9.15. The minimum Gasteiger partial charge on any atom is -0.299 e. The van der Waals surface area contributed by atoms with Gasteiger partial charge in [-0.3, -0.25) is 4.90 Å². The normalized spacial score (nSPS) is 14.9. The Bertz CT molecular complexity index is 889. The molecule has 1 N–H and O–H groups in total. The number of nitrogens with zero attached hydrogens (tertiary/aromatic N) is 1. The zero-order valence-electron chi connectivity index (χ0n) is 15.1. The Morgan fingerprint density at radius 2 is 1.85 bits per heavy atom. The molecule has 0 amide bonds. The summed E-state index contributed by atoms with van der Waals surface area (Å²) in [5.41, 5.74) is 2.86. The van der Waals surface area contributed by atoms with Gasteiger partial charge < -0.3 is 0 Å². The van der Waals surface area contributed by atoms with Gasteiger partial charge in [0.2, 0.25) is 10.0 Å². The molecule has 0 unspecified atom stereocenters. The second-order valence-electron chi connectivity index (χ2n) is 6.83. The van der Waals surface area contributed by atoms with E-state index < -0.39 is 15.8 Å². The molecule has 7 heteroatoms. The summed E-state index contributed by atoms with van der Waals surface area (Å²) in [5, 5.41) is -0.194. The van der Waals surface area contributed by atoms with E-state index in [2.05, 4.69) is 33.9 Å². The van der Waals surface area contributed by atoms with E-state index in [-0.39, 0.29) is 9.92 Å². The van der Waals surface area contributed by atoms with Crippen LogP contribution in [0.1, 0.15) is 30.4 Å². The van der Waals surface area contributed by atoms with E-state index in [4.69, 9.17) is 11.6 Å². The Kier molecular flexibility index (Phi) is 6.87. The number of rotatable bonds is 8. The molecule has 0 atom stereocenters. The molecule has 2 aromatic carbocycles. The number of nitrogens with one attached hydrogen (secondary N) is 1. The summed E-state index contributed by atoms with van der Waals surface area (Å²) in [4.78, 5) is 2.44. The van der Waals surface area contributed by atoms with Crippen LogP contribution >= 0.6 is 11.6 Å². The van der Waals surface area contributed by atoms with Crippen molar-refractivity contribution in [2.45, 2.75) is 37.1 Å². The molecule has 1 aliphatic rings. The average molecular weight is 411 g/mol. The maximum absolute atomic E-state index is 13.2. The summed E-state index contributed by atoms with van der Waals surface area (Å²) in [6.07, 6.45) is 3.84. The number of unbranched alkanes of at least 4 members (excludes halogenated alkanes) is 2. The first-order chi connectivity index (χ1) is 13.0. The maximum Gasteiger partial charge on any atom is 0.240 e. The number of sulfonamides is 1. The second-order valence-corrected chi connectivity index (χ2v) is 9.00. The van der Waals surface area contributed by atoms with Crippen molar-refractivity contribution in [3.8, 4) is 0 Å². The predicted molar refractivity (Wildman–Crippen MR) is 106 cm³/mol. The quantitative estimate of drug-likeness (QED) is 0.669. The minimum atomic E-state index is -3.65. The Balaban J connectivity index is 1.36. The van der Waals surface area contributed by atoms with Crippen molar-refractivity contribution in [3.05, 3.63) is 64.4 Å². The monoisotopic (exact) mass is 410 g/mol. The van der Waals surface area contributed by atoms with E-state index in [1.807, 2.05) is 0 Å². The number of hydrogen-bond donors (Lipinski definition) is 1. The van der Waals surface area contributed by atoms with Crippen molar-refractivity contribution in [1.82, 2.24) is 9.62 Å². The fourth-order valence-corrected chi connectivity index (χ4v) is 4.66. The Hall–Kier alpha value is -1.47. The largest absolute Gasteiger partial charge is 0.299 e. The molecule has 0 fully saturated rings. The molecule has 0 saturated carbocycles. The van der Waals surface area contributed by atoms with Gasteiger partial charge in [0.25, 0.3) is 0 Å². The molecule has 0 saturated heterocycles. The van der Waals surface area contributed by atoms with Gasteiger partial charge in [0.05, 0.1) is 9.92 Å². The van der Waals surface area contributed by atoms with Crippen LogP contribution in [0.15, 0.2) is 47.4 Å². The number of fused-ring (bicyclic) bond motifs is 1. The van der Waals surface area contributed by atoms with E-state index in [1.165, 1.54) is 17.2 Å². The fourth-order valence-electron chi connectivity index (χ4n) is 3.32. The topological polar surface area (TPSA) is 49.4 Å². The van der Waals surface area contributed by atoms with Crippen LogP contribution in [0.5, 0.6) is 0 Å². The summed E-state index contributed by atoms with van der Waals surface area (Å²) in [6.45, 7) is 3.46. The van der Waals surface area contributed by atoms with Crippen LogP contribution in [0.4, 0.5) is 4.39 Å². The summed E-state index contributed by atoms with van der Waals surface area (Å²) < 4.78 is 40.1. The van der Waals surface area contributed by atoms with Crippen LogP contribution in [0.25, 0.3) is 0 Å². The van der Waals surface area contributed by atoms with Gasteiger partial charge in [0, 0.05) is 19.6 Å². The van der Waals surface area contributed by atoms with Crippen LogP contribution in [-0.2, 0) is 23.0 Å². The molecule has 3 rings (SSSR count). The minimum absolute atomic E-state index is 0.0131. The molecule has 0 aromatic heterocycles. The van der Waals surface area contributed by atoms with Gasteiger partial charge in [-0.05, 0) is 55.1 Å². The van der Waals surface area contributed by atoms with Crippen molar-refractivity contribution in [1.29, 1.82) is 0 Å². The van der Waals surface area contributed by atoms with Crippen molar-refractivity contribution < 1.29 is 12.8 Å². The third kappa shape index (κ3) is 5.51. The highest BCUT2D eigenvalue weighted by molar-refractivity contribution is 7.89. The van der Waals surface area contributed by atoms with Crippen molar-refractivity contribution >= 4 is 21.6 Å². The molecule has 1 heterocycles. The average Bonchev–Trinajstić information content (AvgIpc) is 2.66. The van der Waals surface area contributed by atoms with E-state index in [0.29, 0.717) is 6.54 Å². The molecule has 0 aliphatic carbocycles. The lowest BCUT2D eigenvalue weighted by atomic mass is 10.00. The van der Waals surface area contributed by atoms with Gasteiger partial charge in [-0.15, -0.1) is 0 Å². The SMILES string of the molecule is O=S(=O)(NCCCCCN1CCc2ccccc2C1)c1ccc(F)c(Cl)c1. The third-order valence-electron chi connectivity index (χ3n) is 4.85. The van der Waals surface area contributed by atoms with E-state index >= 15 is 0 Å². The van der Waals surface area contributed by atoms with Gasteiger partial charge in [0.1, 0.15) is 5.82 Å². The standard InChI is InChI=1S/C20H24ClFN2O2S/c21-19-14-18(8-9-20(19)22)27(25,26)23-11-4-1-5-12-24-13-10-16-6-2-3-7-17(16)15-24/h2-3,6-9,14,23H,1,4-5,10-13,15H2. The molecule has 146 valence electrons. The summed E-state index contributed by atoms with van der Waals surface area (Å²) >= 11 is 5.66. The summed E-state index contributed by atoms with van der Waals surface area (Å²) in [7, 11) is -3.65. The Morgan fingerprint density at radius 3 is 2.63 bits per heavy atom. The number of hydrogen-bond acceptors (Lipinski definition) is 3.